The maximum absolute atomic E-state index is 10.5. The first kappa shape index (κ1) is 18.1. The zero-order chi connectivity index (χ0) is 18.4. The molecule has 0 fully saturated rings. The van der Waals surface area contributed by atoms with Gasteiger partial charge in [-0.3, -0.25) is 10.3 Å². The van der Waals surface area contributed by atoms with E-state index in [2.05, 4.69) is 10.3 Å². The number of benzene rings is 2. The minimum Gasteiger partial charge on any atom is -0.487 e. The van der Waals surface area contributed by atoms with Crippen molar-refractivity contribution in [2.45, 2.75) is 32.2 Å². The molecule has 0 spiro atoms. The maximum atomic E-state index is 10.5. The van der Waals surface area contributed by atoms with Crippen molar-refractivity contribution in [1.29, 1.82) is 0 Å². The molecule has 1 aromatic heterocycles. The summed E-state index contributed by atoms with van der Waals surface area (Å²) in [7, 11) is 0. The van der Waals surface area contributed by atoms with Crippen LogP contribution < -0.4 is 10.1 Å². The Kier molecular flexibility index (Phi) is 5.66. The smallest absolute Gasteiger partial charge is 0.148 e. The van der Waals surface area contributed by atoms with E-state index in [1.54, 1.807) is 12.3 Å². The van der Waals surface area contributed by atoms with E-state index in [1.165, 1.54) is 0 Å². The Balaban J connectivity index is 1.61. The third-order valence-corrected chi connectivity index (χ3v) is 4.28. The van der Waals surface area contributed by atoms with Crippen molar-refractivity contribution in [3.63, 3.8) is 0 Å². The fraction of sp³-hybridized carbons (Fsp3) is 0.227. The minimum atomic E-state index is -0.867. The van der Waals surface area contributed by atoms with E-state index >= 15 is 0 Å². The topological polar surface area (TPSA) is 54.4 Å². The van der Waals surface area contributed by atoms with Crippen LogP contribution in [-0.4, -0.2) is 10.1 Å². The second-order valence-electron chi connectivity index (χ2n) is 6.73. The Morgan fingerprint density at radius 1 is 0.962 bits per heavy atom. The van der Waals surface area contributed by atoms with Crippen molar-refractivity contribution >= 4 is 0 Å². The molecule has 4 heteroatoms. The molecule has 3 rings (SSSR count). The number of aromatic nitrogens is 1. The Labute approximate surface area is 154 Å². The minimum absolute atomic E-state index is 0.384. The summed E-state index contributed by atoms with van der Waals surface area (Å²) in [5.41, 5.74) is 2.37. The predicted octanol–water partition coefficient (Wildman–Crippen LogP) is 4.18. The lowest BCUT2D eigenvalue weighted by Crippen LogP contribution is -2.39. The van der Waals surface area contributed by atoms with Crippen molar-refractivity contribution in [2.75, 3.05) is 0 Å². The average molecular weight is 348 g/mol. The number of nitrogens with zero attached hydrogens (tertiary/aromatic N) is 1. The monoisotopic (exact) mass is 348 g/mol. The van der Waals surface area contributed by atoms with Gasteiger partial charge in [-0.15, -0.1) is 0 Å². The number of hydrogen-bond acceptors (Lipinski definition) is 4. The standard InChI is InChI=1S/C22H24N2O2/c1-22(2,18-11-7-4-8-12-18)24-21(25)20-14-13-19(15-23-20)26-16-17-9-5-3-6-10-17/h3-15,21,24-25H,16H2,1-2H3. The highest BCUT2D eigenvalue weighted by Crippen LogP contribution is 2.23. The highest BCUT2D eigenvalue weighted by Gasteiger charge is 2.24. The van der Waals surface area contributed by atoms with Crippen molar-refractivity contribution in [2.24, 2.45) is 0 Å². The molecular formula is C22H24N2O2. The third kappa shape index (κ3) is 4.69. The zero-order valence-corrected chi connectivity index (χ0v) is 15.1. The fourth-order valence-electron chi connectivity index (χ4n) is 2.73. The molecule has 1 atom stereocenters. The van der Waals surface area contributed by atoms with Gasteiger partial charge >= 0.3 is 0 Å². The van der Waals surface area contributed by atoms with E-state index in [0.29, 0.717) is 18.1 Å². The average Bonchev–Trinajstić information content (AvgIpc) is 2.68. The summed E-state index contributed by atoms with van der Waals surface area (Å²) in [6.07, 6.45) is 0.770. The van der Waals surface area contributed by atoms with Gasteiger partial charge in [0.05, 0.1) is 11.9 Å². The van der Waals surface area contributed by atoms with Gasteiger partial charge in [-0.2, -0.15) is 0 Å². The predicted molar refractivity (Wildman–Crippen MR) is 103 cm³/mol. The van der Waals surface area contributed by atoms with Crippen LogP contribution in [0.4, 0.5) is 0 Å². The molecule has 0 aliphatic heterocycles. The van der Waals surface area contributed by atoms with Gasteiger partial charge in [-0.25, -0.2) is 0 Å². The molecule has 0 aliphatic carbocycles. The number of hydrogen-bond donors (Lipinski definition) is 2. The highest BCUT2D eigenvalue weighted by atomic mass is 16.5. The number of rotatable bonds is 7. The molecule has 0 saturated heterocycles. The van der Waals surface area contributed by atoms with Gasteiger partial charge in [0, 0.05) is 5.54 Å². The molecule has 134 valence electrons. The molecule has 4 nitrogen and oxygen atoms in total. The van der Waals surface area contributed by atoms with Crippen LogP contribution in [0.25, 0.3) is 0 Å². The normalized spacial score (nSPS) is 12.6. The summed E-state index contributed by atoms with van der Waals surface area (Å²) < 4.78 is 5.73. The van der Waals surface area contributed by atoms with E-state index in [0.717, 1.165) is 11.1 Å². The first-order valence-corrected chi connectivity index (χ1v) is 8.68. The molecular weight excluding hydrogens is 324 g/mol. The quantitative estimate of drug-likeness (QED) is 0.629. The summed E-state index contributed by atoms with van der Waals surface area (Å²) >= 11 is 0. The summed E-state index contributed by atoms with van der Waals surface area (Å²) in [6.45, 7) is 4.55. The molecule has 2 aromatic carbocycles. The first-order chi connectivity index (χ1) is 12.5. The lowest BCUT2D eigenvalue weighted by Gasteiger charge is -2.30. The Hall–Kier alpha value is -2.69. The van der Waals surface area contributed by atoms with Gasteiger partial charge in [-0.1, -0.05) is 60.7 Å². The van der Waals surface area contributed by atoms with E-state index in [4.69, 9.17) is 4.74 Å². The van der Waals surface area contributed by atoms with Crippen molar-refractivity contribution in [3.05, 3.63) is 95.8 Å². The van der Waals surface area contributed by atoms with Crippen LogP contribution in [0.5, 0.6) is 5.75 Å². The molecule has 26 heavy (non-hydrogen) atoms. The Morgan fingerprint density at radius 2 is 1.62 bits per heavy atom. The third-order valence-electron chi connectivity index (χ3n) is 4.28. The van der Waals surface area contributed by atoms with Gasteiger partial charge in [0.1, 0.15) is 18.6 Å². The van der Waals surface area contributed by atoms with E-state index < -0.39 is 6.23 Å². The molecule has 0 amide bonds. The van der Waals surface area contributed by atoms with E-state index in [-0.39, 0.29) is 5.54 Å². The molecule has 1 heterocycles. The lowest BCUT2D eigenvalue weighted by molar-refractivity contribution is 0.0967. The second kappa shape index (κ2) is 8.13. The zero-order valence-electron chi connectivity index (χ0n) is 15.1. The second-order valence-corrected chi connectivity index (χ2v) is 6.73. The molecule has 3 aromatic rings. The summed E-state index contributed by atoms with van der Waals surface area (Å²) in [5, 5.41) is 13.7. The number of pyridine rings is 1. The maximum Gasteiger partial charge on any atom is 0.148 e. The fourth-order valence-corrected chi connectivity index (χ4v) is 2.73. The number of nitrogens with one attached hydrogen (secondary N) is 1. The van der Waals surface area contributed by atoms with Crippen LogP contribution in [0, 0.1) is 0 Å². The lowest BCUT2D eigenvalue weighted by atomic mass is 9.94. The highest BCUT2D eigenvalue weighted by molar-refractivity contribution is 5.25. The van der Waals surface area contributed by atoms with Gasteiger partial charge < -0.3 is 9.84 Å². The molecule has 2 N–H and O–H groups in total. The van der Waals surface area contributed by atoms with Crippen LogP contribution in [-0.2, 0) is 12.1 Å². The van der Waals surface area contributed by atoms with E-state index in [1.807, 2.05) is 80.6 Å². The largest absolute Gasteiger partial charge is 0.487 e. The Bertz CT molecular complexity index is 803. The van der Waals surface area contributed by atoms with Crippen LogP contribution in [0.15, 0.2) is 79.0 Å². The van der Waals surface area contributed by atoms with Crippen molar-refractivity contribution in [3.8, 4) is 5.75 Å². The summed E-state index contributed by atoms with van der Waals surface area (Å²) in [5.74, 6) is 0.673. The number of ether oxygens (including phenoxy) is 1. The van der Waals surface area contributed by atoms with Gasteiger partial charge in [-0.05, 0) is 37.1 Å². The SMILES string of the molecule is CC(C)(NC(O)c1ccc(OCc2ccccc2)cn1)c1ccccc1. The summed E-state index contributed by atoms with van der Waals surface area (Å²) in [4.78, 5) is 4.33. The van der Waals surface area contributed by atoms with Crippen LogP contribution in [0.1, 0.15) is 36.9 Å². The van der Waals surface area contributed by atoms with Gasteiger partial charge in [0.2, 0.25) is 0 Å². The van der Waals surface area contributed by atoms with Crippen molar-refractivity contribution < 1.29 is 9.84 Å². The Morgan fingerprint density at radius 3 is 2.23 bits per heavy atom. The molecule has 1 unspecified atom stereocenters. The van der Waals surface area contributed by atoms with Crippen LogP contribution in [0.3, 0.4) is 0 Å². The first-order valence-electron chi connectivity index (χ1n) is 8.68. The van der Waals surface area contributed by atoms with E-state index in [9.17, 15) is 5.11 Å². The molecule has 0 bridgehead atoms. The van der Waals surface area contributed by atoms with Crippen LogP contribution >= 0.6 is 0 Å². The molecule has 0 radical (unpaired) electrons. The summed E-state index contributed by atoms with van der Waals surface area (Å²) in [6, 6.07) is 23.6. The van der Waals surface area contributed by atoms with Crippen LogP contribution in [0.2, 0.25) is 0 Å². The molecule has 0 aliphatic rings. The molecule has 0 saturated carbocycles. The van der Waals surface area contributed by atoms with Gasteiger partial charge in [0.15, 0.2) is 0 Å². The number of aliphatic hydroxyl groups is 1. The van der Waals surface area contributed by atoms with Gasteiger partial charge in [0.25, 0.3) is 0 Å². The van der Waals surface area contributed by atoms with Crippen molar-refractivity contribution in [1.82, 2.24) is 10.3 Å². The number of aliphatic hydroxyl groups excluding tert-OH is 1.